The number of rotatable bonds is 6. The van der Waals surface area contributed by atoms with Crippen molar-refractivity contribution in [1.29, 1.82) is 0 Å². The number of carbonyl (C=O) groups excluding carboxylic acids is 2. The second-order valence-corrected chi connectivity index (χ2v) is 5.25. The van der Waals surface area contributed by atoms with E-state index in [1.807, 2.05) is 0 Å². The van der Waals surface area contributed by atoms with Crippen LogP contribution in [0.5, 0.6) is 0 Å². The maximum Gasteiger partial charge on any atom is 0.408 e. The number of carbonyl (C=O) groups is 2. The predicted octanol–water partition coefficient (Wildman–Crippen LogP) is 0.768. The third-order valence-corrected chi connectivity index (χ3v) is 2.29. The summed E-state index contributed by atoms with van der Waals surface area (Å²) in [5.41, 5.74) is -0.643. The maximum atomic E-state index is 11.7. The Morgan fingerprint density at radius 3 is 2.62 bits per heavy atom. The number of hydrogen-bond donors (Lipinski definition) is 1. The molecular weight excluding hydrogens is 278 g/mol. The van der Waals surface area contributed by atoms with Crippen LogP contribution in [0.2, 0.25) is 0 Å². The third-order valence-electron chi connectivity index (χ3n) is 2.29. The fourth-order valence-electron chi connectivity index (χ4n) is 1.44. The molecule has 1 N–H and O–H groups in total. The Labute approximate surface area is 123 Å². The smallest absolute Gasteiger partial charge is 0.408 e. The van der Waals surface area contributed by atoms with Crippen LogP contribution in [-0.2, 0) is 14.3 Å². The van der Waals surface area contributed by atoms with Crippen LogP contribution >= 0.6 is 0 Å². The van der Waals surface area contributed by atoms with E-state index in [2.05, 4.69) is 15.2 Å². The van der Waals surface area contributed by atoms with E-state index >= 15 is 0 Å². The Morgan fingerprint density at radius 2 is 2.10 bits per heavy atom. The molecule has 0 spiro atoms. The summed E-state index contributed by atoms with van der Waals surface area (Å²) in [4.78, 5) is 29.8. The molecule has 1 heterocycles. The van der Waals surface area contributed by atoms with Gasteiger partial charge in [0.05, 0.1) is 19.5 Å². The molecule has 1 aromatic heterocycles. The van der Waals surface area contributed by atoms with Crippen LogP contribution in [-0.4, -0.2) is 47.4 Å². The monoisotopic (exact) mass is 299 g/mol. The lowest BCUT2D eigenvalue weighted by atomic mass is 10.2. The van der Waals surface area contributed by atoms with Crippen molar-refractivity contribution in [2.75, 3.05) is 13.7 Å². The highest BCUT2D eigenvalue weighted by Crippen LogP contribution is 2.07. The van der Waals surface area contributed by atoms with Crippen molar-refractivity contribution in [2.45, 2.75) is 38.8 Å². The standard InChI is InChI=1S/C13H21N3O5/c1-13(2,3)21-12(18)15-10(11(17)19-4)6-9-20-16-8-5-7-14-16/h5,7-8,10H,6,9H2,1-4H3,(H,15,18). The number of alkyl carbamates (subject to hydrolysis) is 1. The number of aromatic nitrogens is 2. The lowest BCUT2D eigenvalue weighted by Gasteiger charge is -2.22. The van der Waals surface area contributed by atoms with Gasteiger partial charge in [0.25, 0.3) is 0 Å². The largest absolute Gasteiger partial charge is 0.467 e. The van der Waals surface area contributed by atoms with E-state index in [1.165, 1.54) is 12.0 Å². The fraction of sp³-hybridized carbons (Fsp3) is 0.615. The van der Waals surface area contributed by atoms with Gasteiger partial charge in [-0.3, -0.25) is 0 Å². The van der Waals surface area contributed by atoms with Gasteiger partial charge in [-0.05, 0) is 26.8 Å². The van der Waals surface area contributed by atoms with E-state index in [4.69, 9.17) is 9.57 Å². The summed E-state index contributed by atoms with van der Waals surface area (Å²) < 4.78 is 9.74. The Balaban J connectivity index is 2.47. The van der Waals surface area contributed by atoms with Crippen LogP contribution in [0, 0.1) is 0 Å². The van der Waals surface area contributed by atoms with Crippen molar-refractivity contribution in [3.05, 3.63) is 18.5 Å². The zero-order chi connectivity index (χ0) is 15.9. The summed E-state index contributed by atoms with van der Waals surface area (Å²) in [5, 5.41) is 6.31. The number of methoxy groups -OCH3 is 1. The molecule has 1 aromatic rings. The lowest BCUT2D eigenvalue weighted by molar-refractivity contribution is -0.143. The third kappa shape index (κ3) is 6.64. The molecule has 0 fully saturated rings. The summed E-state index contributed by atoms with van der Waals surface area (Å²) >= 11 is 0. The van der Waals surface area contributed by atoms with Crippen LogP contribution in [0.1, 0.15) is 27.2 Å². The first kappa shape index (κ1) is 16.8. The number of hydrogen-bond acceptors (Lipinski definition) is 6. The van der Waals surface area contributed by atoms with E-state index < -0.39 is 23.7 Å². The average Bonchev–Trinajstić information content (AvgIpc) is 2.87. The van der Waals surface area contributed by atoms with Crippen molar-refractivity contribution in [3.63, 3.8) is 0 Å². The second-order valence-electron chi connectivity index (χ2n) is 5.25. The van der Waals surface area contributed by atoms with Crippen LogP contribution < -0.4 is 10.2 Å². The quantitative estimate of drug-likeness (QED) is 0.780. The van der Waals surface area contributed by atoms with Crippen molar-refractivity contribution in [2.24, 2.45) is 0 Å². The van der Waals surface area contributed by atoms with Gasteiger partial charge in [-0.25, -0.2) is 9.59 Å². The van der Waals surface area contributed by atoms with Gasteiger partial charge in [0, 0.05) is 6.42 Å². The molecule has 0 aliphatic carbocycles. The SMILES string of the molecule is COC(=O)C(CCOn1cccn1)NC(=O)OC(C)(C)C. The van der Waals surface area contributed by atoms with E-state index in [-0.39, 0.29) is 13.0 Å². The minimum atomic E-state index is -0.847. The first-order valence-electron chi connectivity index (χ1n) is 6.52. The van der Waals surface area contributed by atoms with Crippen molar-refractivity contribution >= 4 is 12.1 Å². The van der Waals surface area contributed by atoms with E-state index in [1.54, 1.807) is 39.2 Å². The highest BCUT2D eigenvalue weighted by Gasteiger charge is 2.25. The highest BCUT2D eigenvalue weighted by atomic mass is 16.7. The molecule has 1 amide bonds. The highest BCUT2D eigenvalue weighted by molar-refractivity contribution is 5.81. The van der Waals surface area contributed by atoms with Crippen LogP contribution in [0.4, 0.5) is 4.79 Å². The zero-order valence-corrected chi connectivity index (χ0v) is 12.7. The molecule has 8 nitrogen and oxygen atoms in total. The molecule has 0 aliphatic rings. The van der Waals surface area contributed by atoms with Crippen LogP contribution in [0.15, 0.2) is 18.5 Å². The molecule has 0 saturated heterocycles. The van der Waals surface area contributed by atoms with Gasteiger partial charge < -0.3 is 19.6 Å². The summed E-state index contributed by atoms with van der Waals surface area (Å²) in [6.45, 7) is 5.39. The first-order chi connectivity index (χ1) is 9.81. The molecule has 8 heteroatoms. The summed E-state index contributed by atoms with van der Waals surface area (Å²) in [6.07, 6.45) is 2.73. The molecular formula is C13H21N3O5. The topological polar surface area (TPSA) is 91.7 Å². The average molecular weight is 299 g/mol. The van der Waals surface area contributed by atoms with E-state index in [0.717, 1.165) is 0 Å². The minimum Gasteiger partial charge on any atom is -0.467 e. The van der Waals surface area contributed by atoms with Gasteiger partial charge in [0.15, 0.2) is 0 Å². The Kier molecular flexibility index (Phi) is 6.01. The molecule has 1 rings (SSSR count). The van der Waals surface area contributed by atoms with Gasteiger partial charge in [0.2, 0.25) is 0 Å². The van der Waals surface area contributed by atoms with Gasteiger partial charge in [-0.15, -0.1) is 9.94 Å². The molecule has 0 saturated carbocycles. The number of amides is 1. The number of nitrogens with one attached hydrogen (secondary N) is 1. The normalized spacial score (nSPS) is 12.4. The van der Waals surface area contributed by atoms with Gasteiger partial charge in [-0.1, -0.05) is 0 Å². The molecule has 0 aliphatic heterocycles. The molecule has 1 atom stereocenters. The van der Waals surface area contributed by atoms with Gasteiger partial charge >= 0.3 is 12.1 Å². The number of nitrogens with zero attached hydrogens (tertiary/aromatic N) is 2. The maximum absolute atomic E-state index is 11.7. The fourth-order valence-corrected chi connectivity index (χ4v) is 1.44. The van der Waals surface area contributed by atoms with Gasteiger partial charge in [-0.2, -0.15) is 0 Å². The predicted molar refractivity (Wildman–Crippen MR) is 73.5 cm³/mol. The zero-order valence-electron chi connectivity index (χ0n) is 12.7. The minimum absolute atomic E-state index is 0.178. The first-order valence-corrected chi connectivity index (χ1v) is 6.52. The molecule has 118 valence electrons. The summed E-state index contributed by atoms with van der Waals surface area (Å²) in [7, 11) is 1.25. The summed E-state index contributed by atoms with van der Waals surface area (Å²) in [6, 6.07) is 0.858. The van der Waals surface area contributed by atoms with Crippen molar-refractivity contribution in [1.82, 2.24) is 15.3 Å². The Bertz CT molecular complexity index is 453. The number of esters is 1. The van der Waals surface area contributed by atoms with E-state index in [0.29, 0.717) is 0 Å². The molecule has 0 aromatic carbocycles. The molecule has 1 unspecified atom stereocenters. The Hall–Kier alpha value is -2.25. The summed E-state index contributed by atoms with van der Waals surface area (Å²) in [5.74, 6) is -0.565. The molecule has 21 heavy (non-hydrogen) atoms. The van der Waals surface area contributed by atoms with Gasteiger partial charge in [0.1, 0.15) is 18.2 Å². The Morgan fingerprint density at radius 1 is 1.38 bits per heavy atom. The van der Waals surface area contributed by atoms with Crippen LogP contribution in [0.3, 0.4) is 0 Å². The molecule has 0 bridgehead atoms. The molecule has 0 radical (unpaired) electrons. The van der Waals surface area contributed by atoms with Crippen molar-refractivity contribution < 1.29 is 23.9 Å². The second kappa shape index (κ2) is 7.51. The lowest BCUT2D eigenvalue weighted by Crippen LogP contribution is -2.45. The van der Waals surface area contributed by atoms with E-state index in [9.17, 15) is 9.59 Å². The number of ether oxygens (including phenoxy) is 2. The van der Waals surface area contributed by atoms with Crippen LogP contribution in [0.25, 0.3) is 0 Å². The van der Waals surface area contributed by atoms with Crippen molar-refractivity contribution in [3.8, 4) is 0 Å².